The van der Waals surface area contributed by atoms with Gasteiger partial charge in [-0.05, 0) is 6.42 Å². The first-order valence-corrected chi connectivity index (χ1v) is 4.90. The minimum absolute atomic E-state index is 0. The Balaban J connectivity index is -0.000000320. The van der Waals surface area contributed by atoms with E-state index in [1.165, 1.54) is 0 Å². The van der Waals surface area contributed by atoms with E-state index in [1.807, 2.05) is 6.92 Å². The van der Waals surface area contributed by atoms with Gasteiger partial charge in [0.2, 0.25) is 0 Å². The van der Waals surface area contributed by atoms with Gasteiger partial charge in [0.15, 0.2) is 0 Å². The topological polar surface area (TPSA) is 57.5 Å². The van der Waals surface area contributed by atoms with Crippen LogP contribution in [0.5, 0.6) is 0 Å². The van der Waals surface area contributed by atoms with Crippen LogP contribution in [-0.2, 0) is 4.57 Å². The molecule has 0 aromatic carbocycles. The Labute approximate surface area is 79.6 Å². The Bertz CT molecular complexity index is 114. The van der Waals surface area contributed by atoms with Crippen molar-refractivity contribution in [3.05, 3.63) is 0 Å². The number of halogens is 2. The van der Waals surface area contributed by atoms with E-state index in [2.05, 4.69) is 0 Å². The molecule has 0 unspecified atom stereocenters. The normalized spacial score (nSPS) is 9.73. The van der Waals surface area contributed by atoms with E-state index in [4.69, 9.17) is 9.79 Å². The molecule has 0 bridgehead atoms. The maximum atomic E-state index is 10.2. The molecule has 0 fully saturated rings. The van der Waals surface area contributed by atoms with Gasteiger partial charge in [0, 0.05) is 6.16 Å². The molecule has 11 heavy (non-hydrogen) atoms. The van der Waals surface area contributed by atoms with Gasteiger partial charge in [-0.25, -0.2) is 0 Å². The maximum Gasteiger partial charge on any atom is 0.325 e. The maximum absolute atomic E-state index is 10.2. The quantitative estimate of drug-likeness (QED) is 0.569. The average molecular weight is 225 g/mol. The summed E-state index contributed by atoms with van der Waals surface area (Å²) in [6, 6.07) is 0. The number of unbranched alkanes of at least 4 members (excludes halogenated alkanes) is 2. The van der Waals surface area contributed by atoms with Gasteiger partial charge < -0.3 is 9.79 Å². The third-order valence-corrected chi connectivity index (χ3v) is 1.95. The molecule has 0 amide bonds. The Morgan fingerprint density at radius 1 is 1.18 bits per heavy atom. The molecule has 0 aliphatic heterocycles. The Morgan fingerprint density at radius 2 is 1.64 bits per heavy atom. The highest BCUT2D eigenvalue weighted by Crippen LogP contribution is 2.35. The van der Waals surface area contributed by atoms with Crippen LogP contribution < -0.4 is 0 Å². The minimum atomic E-state index is -3.70. The minimum Gasteiger partial charge on any atom is -0.324 e. The molecular formula is C5H15Cl2O3P. The van der Waals surface area contributed by atoms with E-state index in [0.717, 1.165) is 12.8 Å². The monoisotopic (exact) mass is 224 g/mol. The van der Waals surface area contributed by atoms with Gasteiger partial charge >= 0.3 is 7.60 Å². The van der Waals surface area contributed by atoms with Crippen LogP contribution in [0.15, 0.2) is 0 Å². The Morgan fingerprint density at radius 3 is 1.91 bits per heavy atom. The standard InChI is InChI=1S/C5H13O3P.2ClH/c1-2-3-4-5-9(6,7)8;;/h2-5H2,1H3,(H2,6,7,8);2*1H. The molecule has 0 aliphatic carbocycles. The van der Waals surface area contributed by atoms with Gasteiger partial charge in [-0.3, -0.25) is 4.57 Å². The molecule has 0 rings (SSSR count). The van der Waals surface area contributed by atoms with E-state index in [9.17, 15) is 4.57 Å². The summed E-state index contributed by atoms with van der Waals surface area (Å²) in [7, 11) is -3.70. The van der Waals surface area contributed by atoms with Crippen molar-refractivity contribution in [3.63, 3.8) is 0 Å². The zero-order valence-corrected chi connectivity index (χ0v) is 8.92. The largest absolute Gasteiger partial charge is 0.325 e. The summed E-state index contributed by atoms with van der Waals surface area (Å²) in [5, 5.41) is 0. The lowest BCUT2D eigenvalue weighted by atomic mass is 10.3. The molecule has 0 saturated heterocycles. The van der Waals surface area contributed by atoms with Crippen molar-refractivity contribution >= 4 is 32.4 Å². The fraction of sp³-hybridized carbons (Fsp3) is 1.00. The summed E-state index contributed by atoms with van der Waals surface area (Å²) in [5.74, 6) is 0. The van der Waals surface area contributed by atoms with Gasteiger partial charge in [-0.2, -0.15) is 0 Å². The smallest absolute Gasteiger partial charge is 0.324 e. The average Bonchev–Trinajstić information content (AvgIpc) is 1.63. The summed E-state index contributed by atoms with van der Waals surface area (Å²) < 4.78 is 10.2. The van der Waals surface area contributed by atoms with Gasteiger partial charge in [0.25, 0.3) is 0 Å². The van der Waals surface area contributed by atoms with Crippen molar-refractivity contribution in [2.75, 3.05) is 6.16 Å². The molecule has 0 aromatic rings. The Kier molecular flexibility index (Phi) is 14.2. The second kappa shape index (κ2) is 8.82. The van der Waals surface area contributed by atoms with E-state index in [-0.39, 0.29) is 31.0 Å². The lowest BCUT2D eigenvalue weighted by Crippen LogP contribution is -1.86. The molecule has 6 heteroatoms. The molecule has 0 atom stereocenters. The van der Waals surface area contributed by atoms with Crippen molar-refractivity contribution in [3.8, 4) is 0 Å². The molecule has 0 saturated carbocycles. The van der Waals surface area contributed by atoms with E-state index in [0.29, 0.717) is 6.42 Å². The lowest BCUT2D eigenvalue weighted by molar-refractivity contribution is 0.371. The second-order valence-corrected chi connectivity index (χ2v) is 3.87. The summed E-state index contributed by atoms with van der Waals surface area (Å²) in [6.07, 6.45) is 2.59. The highest BCUT2D eigenvalue weighted by Gasteiger charge is 2.10. The van der Waals surface area contributed by atoms with Crippen LogP contribution in [0.4, 0.5) is 0 Å². The second-order valence-electron chi connectivity index (χ2n) is 2.10. The van der Waals surface area contributed by atoms with Crippen LogP contribution in [0.1, 0.15) is 26.2 Å². The number of hydrogen-bond donors (Lipinski definition) is 2. The zero-order valence-electron chi connectivity index (χ0n) is 6.39. The first-order chi connectivity index (χ1) is 4.06. The first-order valence-electron chi connectivity index (χ1n) is 3.11. The SMILES string of the molecule is CCCCCP(=O)(O)O.Cl.Cl. The molecule has 0 radical (unpaired) electrons. The van der Waals surface area contributed by atoms with Gasteiger partial charge in [0.1, 0.15) is 0 Å². The van der Waals surface area contributed by atoms with Crippen LogP contribution in [0.3, 0.4) is 0 Å². The van der Waals surface area contributed by atoms with Crippen molar-refractivity contribution in [1.82, 2.24) is 0 Å². The summed E-state index contributed by atoms with van der Waals surface area (Å²) in [5.41, 5.74) is 0. The highest BCUT2D eigenvalue weighted by molar-refractivity contribution is 7.51. The van der Waals surface area contributed by atoms with Gasteiger partial charge in [-0.1, -0.05) is 19.8 Å². The molecule has 0 heterocycles. The van der Waals surface area contributed by atoms with Crippen LogP contribution in [-0.4, -0.2) is 15.9 Å². The fourth-order valence-electron chi connectivity index (χ4n) is 0.568. The van der Waals surface area contributed by atoms with Crippen molar-refractivity contribution < 1.29 is 14.4 Å². The fourth-order valence-corrected chi connectivity index (χ4v) is 1.20. The summed E-state index contributed by atoms with van der Waals surface area (Å²) in [6.45, 7) is 2.00. The lowest BCUT2D eigenvalue weighted by Gasteiger charge is -2.00. The summed E-state index contributed by atoms with van der Waals surface area (Å²) in [4.78, 5) is 16.7. The predicted octanol–water partition coefficient (Wildman–Crippen LogP) is 2.20. The molecule has 0 aliphatic rings. The third-order valence-electron chi connectivity index (χ3n) is 1.05. The van der Waals surface area contributed by atoms with Gasteiger partial charge in [0.05, 0.1) is 0 Å². The summed E-state index contributed by atoms with van der Waals surface area (Å²) >= 11 is 0. The van der Waals surface area contributed by atoms with Crippen LogP contribution in [0.2, 0.25) is 0 Å². The predicted molar refractivity (Wildman–Crippen MR) is 50.9 cm³/mol. The first kappa shape index (κ1) is 17.7. The van der Waals surface area contributed by atoms with Crippen molar-refractivity contribution in [1.29, 1.82) is 0 Å². The number of hydrogen-bond acceptors (Lipinski definition) is 1. The molecule has 72 valence electrons. The van der Waals surface area contributed by atoms with E-state index < -0.39 is 7.60 Å². The van der Waals surface area contributed by atoms with Crippen molar-refractivity contribution in [2.45, 2.75) is 26.2 Å². The van der Waals surface area contributed by atoms with Crippen molar-refractivity contribution in [2.24, 2.45) is 0 Å². The molecular weight excluding hydrogens is 210 g/mol. The van der Waals surface area contributed by atoms with Crippen LogP contribution in [0.25, 0.3) is 0 Å². The Hall–Kier alpha value is 0.730. The van der Waals surface area contributed by atoms with Gasteiger partial charge in [-0.15, -0.1) is 24.8 Å². The molecule has 3 nitrogen and oxygen atoms in total. The van der Waals surface area contributed by atoms with Crippen LogP contribution >= 0.6 is 32.4 Å². The zero-order chi connectivity index (χ0) is 7.33. The highest BCUT2D eigenvalue weighted by atomic mass is 35.5. The molecule has 2 N–H and O–H groups in total. The molecule has 0 aromatic heterocycles. The van der Waals surface area contributed by atoms with Crippen LogP contribution in [0, 0.1) is 0 Å². The number of rotatable bonds is 4. The third kappa shape index (κ3) is 18.1. The van der Waals surface area contributed by atoms with E-state index >= 15 is 0 Å². The molecule has 0 spiro atoms. The van der Waals surface area contributed by atoms with E-state index in [1.54, 1.807) is 0 Å².